The van der Waals surface area contributed by atoms with E-state index in [1.165, 1.54) is 16.8 Å². The van der Waals surface area contributed by atoms with E-state index in [0.29, 0.717) is 19.5 Å². The molecule has 1 rings (SSSR count). The third kappa shape index (κ3) is 4.40. The summed E-state index contributed by atoms with van der Waals surface area (Å²) in [6, 6.07) is -1.19. The highest BCUT2D eigenvalue weighted by molar-refractivity contribution is 5.86. The molecule has 20 heavy (non-hydrogen) atoms. The molecule has 0 saturated carbocycles. The first-order chi connectivity index (χ1) is 9.47. The fourth-order valence-corrected chi connectivity index (χ4v) is 2.35. The molecule has 1 atom stereocenters. The number of aliphatic carboxylic acids is 1. The quantitative estimate of drug-likeness (QED) is 0.787. The van der Waals surface area contributed by atoms with Crippen molar-refractivity contribution >= 4 is 17.9 Å². The minimum absolute atomic E-state index is 0.0600. The van der Waals surface area contributed by atoms with E-state index in [1.807, 2.05) is 0 Å². The maximum Gasteiger partial charge on any atom is 0.326 e. The number of rotatable bonds is 4. The lowest BCUT2D eigenvalue weighted by Gasteiger charge is -2.31. The molecule has 1 saturated heterocycles. The minimum Gasteiger partial charge on any atom is -0.480 e. The second kappa shape index (κ2) is 7.72. The first-order valence-electron chi connectivity index (χ1n) is 6.98. The van der Waals surface area contributed by atoms with Gasteiger partial charge in [-0.2, -0.15) is 0 Å². The van der Waals surface area contributed by atoms with Crippen LogP contribution in [0.4, 0.5) is 4.79 Å². The molecular weight excluding hydrogens is 262 g/mol. The van der Waals surface area contributed by atoms with Crippen LogP contribution in [-0.2, 0) is 9.59 Å². The standard InChI is InChI=1S/C13H23N3O4/c1-3-14-11(17)9-15(2)13(20)16-8-6-4-5-7-10(16)12(18)19/h10H,3-9H2,1-2H3,(H,14,17)(H,18,19). The predicted molar refractivity (Wildman–Crippen MR) is 73.3 cm³/mol. The number of urea groups is 1. The number of carboxylic acid groups (broad SMARTS) is 1. The molecule has 1 heterocycles. The Morgan fingerprint density at radius 3 is 2.60 bits per heavy atom. The SMILES string of the molecule is CCNC(=O)CN(C)C(=O)N1CCCCCC1C(=O)O. The van der Waals surface area contributed by atoms with E-state index in [4.69, 9.17) is 0 Å². The Morgan fingerprint density at radius 1 is 1.30 bits per heavy atom. The highest BCUT2D eigenvalue weighted by Gasteiger charge is 2.32. The molecule has 0 bridgehead atoms. The Kier molecular flexibility index (Phi) is 6.27. The predicted octanol–water partition coefficient (Wildman–Crippen LogP) is 0.504. The molecule has 114 valence electrons. The van der Waals surface area contributed by atoms with E-state index in [2.05, 4.69) is 5.32 Å². The van der Waals surface area contributed by atoms with E-state index in [9.17, 15) is 19.5 Å². The summed E-state index contributed by atoms with van der Waals surface area (Å²) in [5.74, 6) is -1.23. The number of nitrogens with one attached hydrogen (secondary N) is 1. The van der Waals surface area contributed by atoms with Gasteiger partial charge in [-0.15, -0.1) is 0 Å². The van der Waals surface area contributed by atoms with Crippen molar-refractivity contribution in [3.8, 4) is 0 Å². The van der Waals surface area contributed by atoms with Crippen molar-refractivity contribution in [3.63, 3.8) is 0 Å². The lowest BCUT2D eigenvalue weighted by molar-refractivity contribution is -0.142. The Bertz CT molecular complexity index is 373. The van der Waals surface area contributed by atoms with Gasteiger partial charge in [0.05, 0.1) is 0 Å². The van der Waals surface area contributed by atoms with Crippen LogP contribution in [0.5, 0.6) is 0 Å². The number of amides is 3. The average molecular weight is 285 g/mol. The summed E-state index contributed by atoms with van der Waals surface area (Å²) in [5, 5.41) is 11.9. The maximum absolute atomic E-state index is 12.3. The van der Waals surface area contributed by atoms with Crippen LogP contribution in [0.25, 0.3) is 0 Å². The van der Waals surface area contributed by atoms with Gasteiger partial charge in [0, 0.05) is 20.1 Å². The fourth-order valence-electron chi connectivity index (χ4n) is 2.35. The molecule has 1 aliphatic rings. The van der Waals surface area contributed by atoms with Gasteiger partial charge in [0.15, 0.2) is 0 Å². The van der Waals surface area contributed by atoms with Crippen LogP contribution in [0, 0.1) is 0 Å². The first-order valence-corrected chi connectivity index (χ1v) is 6.98. The monoisotopic (exact) mass is 285 g/mol. The van der Waals surface area contributed by atoms with Gasteiger partial charge in [-0.3, -0.25) is 4.79 Å². The smallest absolute Gasteiger partial charge is 0.326 e. The van der Waals surface area contributed by atoms with Crippen molar-refractivity contribution in [2.24, 2.45) is 0 Å². The summed E-state index contributed by atoms with van der Waals surface area (Å²) in [6.45, 7) is 2.67. The van der Waals surface area contributed by atoms with Crippen LogP contribution in [0.15, 0.2) is 0 Å². The molecule has 0 aromatic carbocycles. The summed E-state index contributed by atoms with van der Waals surface area (Å²) in [7, 11) is 1.52. The third-order valence-corrected chi connectivity index (χ3v) is 3.36. The molecule has 1 aliphatic heterocycles. The summed E-state index contributed by atoms with van der Waals surface area (Å²) in [5.41, 5.74) is 0. The molecule has 0 aliphatic carbocycles. The van der Waals surface area contributed by atoms with E-state index in [0.717, 1.165) is 19.3 Å². The minimum atomic E-state index is -0.980. The van der Waals surface area contributed by atoms with Gasteiger partial charge in [0.25, 0.3) is 0 Å². The Labute approximate surface area is 118 Å². The molecule has 0 aromatic heterocycles. The van der Waals surface area contributed by atoms with Crippen molar-refractivity contribution in [2.45, 2.75) is 38.6 Å². The van der Waals surface area contributed by atoms with Crippen molar-refractivity contribution in [1.82, 2.24) is 15.1 Å². The summed E-state index contributed by atoms with van der Waals surface area (Å²) in [6.07, 6.45) is 3.00. The number of nitrogens with zero attached hydrogens (tertiary/aromatic N) is 2. The van der Waals surface area contributed by atoms with E-state index in [1.54, 1.807) is 6.92 Å². The van der Waals surface area contributed by atoms with Crippen LogP contribution in [-0.4, -0.2) is 65.5 Å². The van der Waals surface area contributed by atoms with Crippen LogP contribution in [0.2, 0.25) is 0 Å². The van der Waals surface area contributed by atoms with E-state index in [-0.39, 0.29) is 12.5 Å². The van der Waals surface area contributed by atoms with Gasteiger partial charge in [0.1, 0.15) is 12.6 Å². The number of likely N-dealkylation sites (N-methyl/N-ethyl adjacent to an activating group) is 2. The topological polar surface area (TPSA) is 90.0 Å². The van der Waals surface area contributed by atoms with Gasteiger partial charge >= 0.3 is 12.0 Å². The fraction of sp³-hybridized carbons (Fsp3) is 0.769. The average Bonchev–Trinajstić information content (AvgIpc) is 2.63. The number of carboxylic acids is 1. The molecule has 0 aromatic rings. The molecule has 1 unspecified atom stereocenters. The van der Waals surface area contributed by atoms with Crippen molar-refractivity contribution in [2.75, 3.05) is 26.7 Å². The second-order valence-electron chi connectivity index (χ2n) is 4.99. The van der Waals surface area contributed by atoms with Gasteiger partial charge in [-0.05, 0) is 19.8 Å². The van der Waals surface area contributed by atoms with Gasteiger partial charge < -0.3 is 20.2 Å². The number of carbonyl (C=O) groups is 3. The molecule has 7 nitrogen and oxygen atoms in total. The molecule has 2 N–H and O–H groups in total. The number of likely N-dealkylation sites (tertiary alicyclic amines) is 1. The van der Waals surface area contributed by atoms with Crippen molar-refractivity contribution in [3.05, 3.63) is 0 Å². The molecular formula is C13H23N3O4. The number of hydrogen-bond acceptors (Lipinski definition) is 3. The van der Waals surface area contributed by atoms with Gasteiger partial charge in [-0.1, -0.05) is 12.8 Å². The normalized spacial score (nSPS) is 19.1. The zero-order valence-electron chi connectivity index (χ0n) is 12.1. The number of carbonyl (C=O) groups excluding carboxylic acids is 2. The summed E-state index contributed by atoms with van der Waals surface area (Å²) < 4.78 is 0. The van der Waals surface area contributed by atoms with Crippen molar-refractivity contribution < 1.29 is 19.5 Å². The van der Waals surface area contributed by atoms with E-state index >= 15 is 0 Å². The van der Waals surface area contributed by atoms with Gasteiger partial charge in [-0.25, -0.2) is 9.59 Å². The Hall–Kier alpha value is -1.79. The third-order valence-electron chi connectivity index (χ3n) is 3.36. The molecule has 0 spiro atoms. The number of hydrogen-bond donors (Lipinski definition) is 2. The van der Waals surface area contributed by atoms with Crippen LogP contribution in [0.3, 0.4) is 0 Å². The highest BCUT2D eigenvalue weighted by atomic mass is 16.4. The zero-order chi connectivity index (χ0) is 15.1. The lowest BCUT2D eigenvalue weighted by Crippen LogP contribution is -2.51. The van der Waals surface area contributed by atoms with Crippen LogP contribution < -0.4 is 5.32 Å². The van der Waals surface area contributed by atoms with Gasteiger partial charge in [0.2, 0.25) is 5.91 Å². The van der Waals surface area contributed by atoms with Crippen molar-refractivity contribution in [1.29, 1.82) is 0 Å². The van der Waals surface area contributed by atoms with Crippen LogP contribution in [0.1, 0.15) is 32.6 Å². The molecule has 3 amide bonds. The highest BCUT2D eigenvalue weighted by Crippen LogP contribution is 2.18. The summed E-state index contributed by atoms with van der Waals surface area (Å²) in [4.78, 5) is 37.7. The lowest BCUT2D eigenvalue weighted by atomic mass is 10.1. The first kappa shape index (κ1) is 16.3. The molecule has 7 heteroatoms. The Morgan fingerprint density at radius 2 is 2.00 bits per heavy atom. The second-order valence-corrected chi connectivity index (χ2v) is 4.99. The Balaban J connectivity index is 2.70. The largest absolute Gasteiger partial charge is 0.480 e. The summed E-state index contributed by atoms with van der Waals surface area (Å²) >= 11 is 0. The molecule has 1 fully saturated rings. The maximum atomic E-state index is 12.3. The van der Waals surface area contributed by atoms with Crippen LogP contribution >= 0.6 is 0 Å². The van der Waals surface area contributed by atoms with E-state index < -0.39 is 18.0 Å². The molecule has 0 radical (unpaired) electrons. The zero-order valence-corrected chi connectivity index (χ0v) is 12.1.